The van der Waals surface area contributed by atoms with E-state index in [1.54, 1.807) is 6.20 Å². The van der Waals surface area contributed by atoms with Crippen molar-refractivity contribution >= 4 is 11.0 Å². The minimum atomic E-state index is 0.667. The Labute approximate surface area is 82.3 Å². The summed E-state index contributed by atoms with van der Waals surface area (Å²) < 4.78 is 0. The molecule has 0 saturated heterocycles. The maximum atomic E-state index is 5.07. The van der Waals surface area contributed by atoms with Gasteiger partial charge in [-0.2, -0.15) is 5.48 Å². The molecule has 4 nitrogen and oxygen atoms in total. The summed E-state index contributed by atoms with van der Waals surface area (Å²) in [6, 6.07) is 3.97. The van der Waals surface area contributed by atoms with Gasteiger partial charge in [-0.15, -0.1) is 0 Å². The Balaban J connectivity index is 2.17. The largest absolute Gasteiger partial charge is 0.346 e. The van der Waals surface area contributed by atoms with Gasteiger partial charge in [-0.1, -0.05) is 0 Å². The highest BCUT2D eigenvalue weighted by atomic mass is 16.6. The van der Waals surface area contributed by atoms with Gasteiger partial charge < -0.3 is 9.82 Å². The van der Waals surface area contributed by atoms with Crippen LogP contribution in [-0.2, 0) is 11.4 Å². The van der Waals surface area contributed by atoms with E-state index in [2.05, 4.69) is 15.4 Å². The van der Waals surface area contributed by atoms with Crippen LogP contribution >= 0.6 is 0 Å². The van der Waals surface area contributed by atoms with Gasteiger partial charge in [-0.3, -0.25) is 0 Å². The summed E-state index contributed by atoms with van der Waals surface area (Å²) in [6.07, 6.45) is 3.72. The topological polar surface area (TPSA) is 49.9 Å². The van der Waals surface area contributed by atoms with Crippen LogP contribution in [0.15, 0.2) is 24.5 Å². The molecule has 0 aliphatic rings. The van der Waals surface area contributed by atoms with Crippen LogP contribution in [0, 0.1) is 0 Å². The Morgan fingerprint density at radius 3 is 3.36 bits per heavy atom. The zero-order valence-corrected chi connectivity index (χ0v) is 8.08. The average Bonchev–Trinajstić information content (AvgIpc) is 2.63. The molecule has 0 radical (unpaired) electrons. The molecule has 2 rings (SSSR count). The van der Waals surface area contributed by atoms with Crippen molar-refractivity contribution in [3.8, 4) is 0 Å². The molecule has 0 unspecified atom stereocenters. The predicted octanol–water partition coefficient (Wildman–Crippen LogP) is 1.60. The molecule has 0 aromatic carbocycles. The average molecular weight is 191 g/mol. The Kier molecular flexibility index (Phi) is 2.76. The van der Waals surface area contributed by atoms with Crippen LogP contribution in [0.25, 0.3) is 11.0 Å². The highest BCUT2D eigenvalue weighted by molar-refractivity contribution is 5.79. The third-order valence-electron chi connectivity index (χ3n) is 2.05. The number of hydrogen-bond donors (Lipinski definition) is 2. The van der Waals surface area contributed by atoms with E-state index in [0.717, 1.165) is 11.0 Å². The van der Waals surface area contributed by atoms with Crippen LogP contribution in [0.1, 0.15) is 12.5 Å². The van der Waals surface area contributed by atoms with Crippen LogP contribution in [0.3, 0.4) is 0 Å². The summed E-state index contributed by atoms with van der Waals surface area (Å²) in [5.74, 6) is 0. The highest BCUT2D eigenvalue weighted by Gasteiger charge is 2.02. The quantitative estimate of drug-likeness (QED) is 0.570. The van der Waals surface area contributed by atoms with Gasteiger partial charge in [-0.05, 0) is 24.6 Å². The van der Waals surface area contributed by atoms with Crippen molar-refractivity contribution < 1.29 is 4.84 Å². The first-order valence-corrected chi connectivity index (χ1v) is 4.67. The molecule has 2 aromatic heterocycles. The van der Waals surface area contributed by atoms with E-state index >= 15 is 0 Å². The monoisotopic (exact) mass is 191 g/mol. The van der Waals surface area contributed by atoms with Gasteiger partial charge in [0, 0.05) is 24.3 Å². The zero-order chi connectivity index (χ0) is 9.80. The second-order valence-corrected chi connectivity index (χ2v) is 2.97. The van der Waals surface area contributed by atoms with Crippen LogP contribution in [0.5, 0.6) is 0 Å². The second-order valence-electron chi connectivity index (χ2n) is 2.97. The Hall–Kier alpha value is -1.39. The molecule has 0 atom stereocenters. The SMILES string of the molecule is CCONCc1c[nH]c2ncccc12. The lowest BCUT2D eigenvalue weighted by Crippen LogP contribution is -2.13. The van der Waals surface area contributed by atoms with Gasteiger partial charge in [0.1, 0.15) is 5.65 Å². The highest BCUT2D eigenvalue weighted by Crippen LogP contribution is 2.14. The van der Waals surface area contributed by atoms with Crippen molar-refractivity contribution in [2.75, 3.05) is 6.61 Å². The van der Waals surface area contributed by atoms with Crippen LogP contribution in [0.2, 0.25) is 0 Å². The number of H-pyrrole nitrogens is 1. The fourth-order valence-corrected chi connectivity index (χ4v) is 1.39. The van der Waals surface area contributed by atoms with Crippen molar-refractivity contribution in [2.45, 2.75) is 13.5 Å². The molecule has 74 valence electrons. The molecule has 0 amide bonds. The number of pyridine rings is 1. The first kappa shape index (κ1) is 9.18. The van der Waals surface area contributed by atoms with Crippen LogP contribution < -0.4 is 5.48 Å². The first-order valence-electron chi connectivity index (χ1n) is 4.67. The molecule has 0 aliphatic heterocycles. The number of nitrogens with one attached hydrogen (secondary N) is 2. The molecule has 0 fully saturated rings. The maximum Gasteiger partial charge on any atom is 0.137 e. The van der Waals surface area contributed by atoms with Crippen molar-refractivity contribution in [1.29, 1.82) is 0 Å². The fraction of sp³-hybridized carbons (Fsp3) is 0.300. The van der Waals surface area contributed by atoms with E-state index in [9.17, 15) is 0 Å². The molecule has 0 aliphatic carbocycles. The molecule has 2 aromatic rings. The van der Waals surface area contributed by atoms with E-state index in [0.29, 0.717) is 13.2 Å². The van der Waals surface area contributed by atoms with Gasteiger partial charge >= 0.3 is 0 Å². The third-order valence-corrected chi connectivity index (χ3v) is 2.05. The number of aromatic amines is 1. The van der Waals surface area contributed by atoms with Gasteiger partial charge in [0.05, 0.1) is 6.61 Å². The van der Waals surface area contributed by atoms with E-state index in [4.69, 9.17) is 4.84 Å². The lowest BCUT2D eigenvalue weighted by molar-refractivity contribution is 0.0466. The number of hydroxylamine groups is 1. The van der Waals surface area contributed by atoms with Crippen LogP contribution in [0.4, 0.5) is 0 Å². The predicted molar refractivity (Wildman–Crippen MR) is 54.6 cm³/mol. The van der Waals surface area contributed by atoms with E-state index in [1.807, 2.05) is 25.3 Å². The molecule has 4 heteroatoms. The molecular formula is C10H13N3O. The standard InChI is InChI=1S/C10H13N3O/c1-2-14-13-7-8-6-12-10-9(8)4-3-5-11-10/h3-6,13H,2,7H2,1H3,(H,11,12). The molecular weight excluding hydrogens is 178 g/mol. The van der Waals surface area contributed by atoms with Crippen molar-refractivity contribution in [3.63, 3.8) is 0 Å². The molecule has 0 saturated carbocycles. The summed E-state index contributed by atoms with van der Waals surface area (Å²) >= 11 is 0. The van der Waals surface area contributed by atoms with Gasteiger partial charge in [0.25, 0.3) is 0 Å². The van der Waals surface area contributed by atoms with Gasteiger partial charge in [0.2, 0.25) is 0 Å². The van der Waals surface area contributed by atoms with E-state index in [1.165, 1.54) is 5.56 Å². The van der Waals surface area contributed by atoms with Gasteiger partial charge in [-0.25, -0.2) is 4.98 Å². The zero-order valence-electron chi connectivity index (χ0n) is 8.08. The third kappa shape index (κ3) is 1.76. The number of hydrogen-bond acceptors (Lipinski definition) is 3. The molecule has 2 heterocycles. The Morgan fingerprint density at radius 1 is 1.57 bits per heavy atom. The Bertz CT molecular complexity index is 410. The smallest absolute Gasteiger partial charge is 0.137 e. The molecule has 0 spiro atoms. The number of aromatic nitrogens is 2. The van der Waals surface area contributed by atoms with E-state index < -0.39 is 0 Å². The van der Waals surface area contributed by atoms with Crippen molar-refractivity contribution in [1.82, 2.24) is 15.4 Å². The molecule has 14 heavy (non-hydrogen) atoms. The lowest BCUT2D eigenvalue weighted by atomic mass is 10.2. The lowest BCUT2D eigenvalue weighted by Gasteiger charge is -2.01. The van der Waals surface area contributed by atoms with Crippen LogP contribution in [-0.4, -0.2) is 16.6 Å². The minimum absolute atomic E-state index is 0.667. The first-order chi connectivity index (χ1) is 6.92. The summed E-state index contributed by atoms with van der Waals surface area (Å²) in [7, 11) is 0. The molecule has 0 bridgehead atoms. The maximum absolute atomic E-state index is 5.07. The normalized spacial score (nSPS) is 10.9. The number of fused-ring (bicyclic) bond motifs is 1. The summed E-state index contributed by atoms with van der Waals surface area (Å²) in [6.45, 7) is 3.31. The summed E-state index contributed by atoms with van der Waals surface area (Å²) in [4.78, 5) is 12.4. The van der Waals surface area contributed by atoms with Gasteiger partial charge in [0.15, 0.2) is 0 Å². The Morgan fingerprint density at radius 2 is 2.50 bits per heavy atom. The fourth-order valence-electron chi connectivity index (χ4n) is 1.39. The number of nitrogens with zero attached hydrogens (tertiary/aromatic N) is 1. The summed E-state index contributed by atoms with van der Waals surface area (Å²) in [5.41, 5.74) is 4.97. The molecule has 2 N–H and O–H groups in total. The van der Waals surface area contributed by atoms with E-state index in [-0.39, 0.29) is 0 Å². The van der Waals surface area contributed by atoms with Crippen molar-refractivity contribution in [3.05, 3.63) is 30.1 Å². The minimum Gasteiger partial charge on any atom is -0.346 e. The van der Waals surface area contributed by atoms with Crippen molar-refractivity contribution in [2.24, 2.45) is 0 Å². The number of rotatable bonds is 4. The second kappa shape index (κ2) is 4.21. The summed E-state index contributed by atoms with van der Waals surface area (Å²) in [5, 5.41) is 1.14.